The van der Waals surface area contributed by atoms with E-state index in [9.17, 15) is 63.0 Å². The summed E-state index contributed by atoms with van der Waals surface area (Å²) in [5.74, 6) is -9.04. The van der Waals surface area contributed by atoms with Gasteiger partial charge in [0, 0.05) is 42.7 Å². The number of benzene rings is 1. The van der Waals surface area contributed by atoms with Gasteiger partial charge in [-0.25, -0.2) is 0 Å². The van der Waals surface area contributed by atoms with Gasteiger partial charge in [0.25, 0.3) is 5.91 Å². The summed E-state index contributed by atoms with van der Waals surface area (Å²) in [7, 11) is 0. The van der Waals surface area contributed by atoms with Gasteiger partial charge in [-0.1, -0.05) is 25.1 Å². The number of carboxylic acid groups (broad SMARTS) is 1. The van der Waals surface area contributed by atoms with E-state index in [0.29, 0.717) is 63.2 Å². The summed E-state index contributed by atoms with van der Waals surface area (Å²) in [6, 6.07) is -6.23. The number of nitrogens with two attached hydrogens (primary N) is 2. The zero-order valence-corrected chi connectivity index (χ0v) is 49.0. The predicted octanol–water partition coefficient (Wildman–Crippen LogP) is -1.36. The van der Waals surface area contributed by atoms with E-state index in [1.54, 1.807) is 13.8 Å². The number of oxime groups is 1. The van der Waals surface area contributed by atoms with E-state index in [4.69, 9.17) is 21.0 Å². The largest absolute Gasteiger partial charge is 0.494 e. The van der Waals surface area contributed by atoms with Crippen LogP contribution in [0.3, 0.4) is 0 Å². The molecule has 10 amide bonds. The lowest BCUT2D eigenvalue weighted by molar-refractivity contribution is -0.144. The van der Waals surface area contributed by atoms with Crippen LogP contribution < -0.4 is 53.4 Å². The van der Waals surface area contributed by atoms with Crippen LogP contribution in [-0.2, 0) is 69.1 Å². The molecule has 0 saturated carbocycles. The molecule has 0 unspecified atom stereocenters. The van der Waals surface area contributed by atoms with E-state index < -0.39 is 138 Å². The summed E-state index contributed by atoms with van der Waals surface area (Å²) >= 11 is 2.56. The Morgan fingerprint density at radius 3 is 1.90 bits per heavy atom. The van der Waals surface area contributed by atoms with Crippen LogP contribution in [0.5, 0.6) is 5.75 Å². The van der Waals surface area contributed by atoms with Crippen LogP contribution in [0.2, 0.25) is 0 Å². The highest BCUT2D eigenvalue weighted by Crippen LogP contribution is 2.27. The first-order chi connectivity index (χ1) is 39.7. The Labute approximate surface area is 491 Å². The quantitative estimate of drug-likeness (QED) is 0.121. The minimum absolute atomic E-state index is 0.0130. The number of aliphatic carboxylic acids is 1. The molecule has 4 bridgehead atoms. The van der Waals surface area contributed by atoms with Gasteiger partial charge in [0.2, 0.25) is 53.2 Å². The number of ether oxygens (including phenoxy) is 1. The second-order valence-electron chi connectivity index (χ2n) is 21.3. The third kappa shape index (κ3) is 21.1. The summed E-state index contributed by atoms with van der Waals surface area (Å²) in [6.45, 7) is 5.02. The number of nitrogens with one attached hydrogen (secondary N) is 7. The average Bonchev–Trinajstić information content (AvgIpc) is 4.32. The number of carbonyl (C=O) groups excluding carboxylic acids is 10. The summed E-state index contributed by atoms with van der Waals surface area (Å²) < 4.78 is 6.24. The van der Waals surface area contributed by atoms with Crippen molar-refractivity contribution in [2.24, 2.45) is 22.5 Å². The van der Waals surface area contributed by atoms with Crippen LogP contribution in [0.1, 0.15) is 115 Å². The molecule has 4 aliphatic rings. The van der Waals surface area contributed by atoms with E-state index in [-0.39, 0.29) is 62.6 Å². The van der Waals surface area contributed by atoms with Gasteiger partial charge in [0.05, 0.1) is 13.0 Å². The lowest BCUT2D eigenvalue weighted by atomic mass is 10.0. The van der Waals surface area contributed by atoms with Gasteiger partial charge in [0.15, 0.2) is 0 Å². The zero-order chi connectivity index (χ0) is 60.6. The molecule has 13 N–H and O–H groups in total. The van der Waals surface area contributed by atoms with E-state index in [1.807, 2.05) is 18.2 Å². The molecule has 0 spiro atoms. The number of amides is 10. The maximum atomic E-state index is 14.8. The number of hydrogen-bond donors (Lipinski definition) is 11. The van der Waals surface area contributed by atoms with Crippen molar-refractivity contribution in [2.45, 2.75) is 170 Å². The number of primary amides is 1. The Bertz CT molecular complexity index is 2490. The van der Waals surface area contributed by atoms with E-state index in [2.05, 4.69) is 42.4 Å². The van der Waals surface area contributed by atoms with E-state index in [0.717, 1.165) is 30.2 Å². The molecular weight excluding hydrogens is 1120 g/mol. The highest BCUT2D eigenvalue weighted by atomic mass is 32.2. The van der Waals surface area contributed by atoms with Crippen LogP contribution in [0.25, 0.3) is 0 Å². The van der Waals surface area contributed by atoms with Gasteiger partial charge in [-0.2, -0.15) is 23.5 Å². The maximum absolute atomic E-state index is 14.8. The van der Waals surface area contributed by atoms with Crippen molar-refractivity contribution in [3.63, 3.8) is 0 Å². The fraction of sp³-hybridized carbons (Fsp3) is 0.667. The number of carbonyl (C=O) groups is 11. The highest BCUT2D eigenvalue weighted by molar-refractivity contribution is 7.98. The number of hydrogen-bond acceptors (Lipinski definition) is 18. The second kappa shape index (κ2) is 34.2. The maximum Gasteiger partial charge on any atom is 0.305 e. The van der Waals surface area contributed by atoms with Gasteiger partial charge in [0.1, 0.15) is 72.9 Å². The molecule has 5 rings (SSSR count). The molecule has 460 valence electrons. The van der Waals surface area contributed by atoms with Gasteiger partial charge in [-0.15, -0.1) is 0 Å². The van der Waals surface area contributed by atoms with Crippen LogP contribution in [0.4, 0.5) is 0 Å². The number of aliphatic hydroxyl groups is 1. The van der Waals surface area contributed by atoms with Crippen molar-refractivity contribution < 1.29 is 72.5 Å². The van der Waals surface area contributed by atoms with Crippen molar-refractivity contribution in [3.05, 3.63) is 29.3 Å². The highest BCUT2D eigenvalue weighted by Gasteiger charge is 2.42. The smallest absolute Gasteiger partial charge is 0.305 e. The Morgan fingerprint density at radius 2 is 1.28 bits per heavy atom. The first kappa shape index (κ1) is 67.1. The number of carboxylic acids is 1. The standard InChI is InChI=1S/C54H82N12O15S2/c1-31(2)45-54(79)66-18-11-14-42(66)52(77)60-37(15-19-67)49(74)62-39(46(56)71)29-82-27-33-22-34-24-35(23-33)80-20-8-4-5-9-21-81-57-26-43(68)59-36(12-6-7-16-55)48(73)63-40(30-83-28-34)53(78)65-17-10-13-41(65)51(76)58-32(3)47(72)61-38(25-44(69)70)50(75)64-45/h22-24,26,31-32,36-42,45,67H,4-21,25,27-30,55H2,1-3H3,(H2,56,71)(H,58,76)(H,59,68)(H,60,77)(H,61,72)(H,62,74)(H,63,73)(H,64,75)(H,69,70)/b57-26+/t32-,36-,37-,38-,39-,40-,41-,42-,45-/m0/s1. The van der Waals surface area contributed by atoms with Gasteiger partial charge in [-0.3, -0.25) is 52.7 Å². The Balaban J connectivity index is 1.53. The van der Waals surface area contributed by atoms with Crippen LogP contribution in [-0.4, -0.2) is 197 Å². The molecule has 2 fully saturated rings. The molecule has 1 aromatic carbocycles. The topological polar surface area (TPSA) is 402 Å². The second-order valence-corrected chi connectivity index (χ2v) is 23.3. The SMILES string of the molecule is CC(C)[C@@H]1NC(=O)[C@H](CC(=O)O)NC(=O)[C@H](C)NC(=O)[C@@H]2CCCN2C(=O)[C@@H]2CSCc3cc(cc(c3)OCCCCCCO/N=C/C(=O)N[C@@H](CCCCN)C(=O)N2)CSC[C@@H](C(N)=O)NC(=O)[C@H](CCO)NC(=O)[C@@H]2CCCN2C1=O. The van der Waals surface area contributed by atoms with Crippen LogP contribution in [0.15, 0.2) is 23.4 Å². The third-order valence-corrected chi connectivity index (χ3v) is 16.6. The Hall–Kier alpha value is -6.72. The molecule has 83 heavy (non-hydrogen) atoms. The lowest BCUT2D eigenvalue weighted by Gasteiger charge is -2.32. The Morgan fingerprint density at radius 1 is 0.687 bits per heavy atom. The zero-order valence-electron chi connectivity index (χ0n) is 47.4. The number of unbranched alkanes of at least 4 members (excludes halogenated alkanes) is 1. The molecule has 4 aliphatic heterocycles. The molecule has 0 aromatic heterocycles. The number of fused-ring (bicyclic) bond motifs is 7. The fourth-order valence-electron chi connectivity index (χ4n) is 9.88. The monoisotopic (exact) mass is 1200 g/mol. The molecule has 27 nitrogen and oxygen atoms in total. The Kier molecular flexibility index (Phi) is 27.6. The van der Waals surface area contributed by atoms with Gasteiger partial charge < -0.3 is 78.3 Å². The van der Waals surface area contributed by atoms with Crippen molar-refractivity contribution in [1.82, 2.24) is 47.0 Å². The molecular formula is C54H82N12O15S2. The minimum Gasteiger partial charge on any atom is -0.494 e. The van der Waals surface area contributed by atoms with Crippen molar-refractivity contribution in [2.75, 3.05) is 51.0 Å². The fourth-order valence-corrected chi connectivity index (χ4v) is 11.9. The first-order valence-corrected chi connectivity index (χ1v) is 30.6. The molecule has 1 aromatic rings. The number of nitrogens with zero attached hydrogens (tertiary/aromatic N) is 3. The van der Waals surface area contributed by atoms with Crippen LogP contribution >= 0.6 is 23.5 Å². The normalized spacial score (nSPS) is 27.4. The molecule has 9 atom stereocenters. The van der Waals surface area contributed by atoms with E-state index in [1.165, 1.54) is 40.2 Å². The van der Waals surface area contributed by atoms with Crippen molar-refractivity contribution >= 4 is 94.8 Å². The predicted molar refractivity (Wildman–Crippen MR) is 307 cm³/mol. The van der Waals surface area contributed by atoms with Crippen LogP contribution in [0, 0.1) is 5.92 Å². The molecule has 0 aliphatic carbocycles. The van der Waals surface area contributed by atoms with Gasteiger partial charge in [-0.05, 0) is 120 Å². The van der Waals surface area contributed by atoms with E-state index >= 15 is 0 Å². The summed E-state index contributed by atoms with van der Waals surface area (Å²) in [5.41, 5.74) is 13.1. The number of thioether (sulfide) groups is 2. The third-order valence-electron chi connectivity index (χ3n) is 14.4. The molecule has 4 heterocycles. The first-order valence-electron chi connectivity index (χ1n) is 28.3. The minimum atomic E-state index is -1.77. The summed E-state index contributed by atoms with van der Waals surface area (Å²) in [5, 5.41) is 41.8. The number of rotatable bonds is 10. The molecule has 29 heteroatoms. The lowest BCUT2D eigenvalue weighted by Crippen LogP contribution is -2.61. The van der Waals surface area contributed by atoms with Gasteiger partial charge >= 0.3 is 5.97 Å². The number of aliphatic hydroxyl groups excluding tert-OH is 1. The molecule has 0 radical (unpaired) electrons. The summed E-state index contributed by atoms with van der Waals surface area (Å²) in [6.07, 6.45) is 4.79. The van der Waals surface area contributed by atoms with Crippen molar-refractivity contribution in [1.29, 1.82) is 0 Å². The average molecular weight is 1200 g/mol. The van der Waals surface area contributed by atoms with Crippen molar-refractivity contribution in [3.8, 4) is 5.75 Å². The molecule has 2 saturated heterocycles. The summed E-state index contributed by atoms with van der Waals surface area (Å²) in [4.78, 5) is 159.